The quantitative estimate of drug-likeness (QED) is 0.187. The first-order valence-electron chi connectivity index (χ1n) is 11.9. The predicted molar refractivity (Wildman–Crippen MR) is 127 cm³/mol. The van der Waals surface area contributed by atoms with Crippen LogP contribution in [0.25, 0.3) is 0 Å². The summed E-state index contributed by atoms with van der Waals surface area (Å²) in [4.78, 5) is 35.7. The smallest absolute Gasteiger partial charge is 0.249 e. The minimum absolute atomic E-state index is 0.0941. The first-order valence-corrected chi connectivity index (χ1v) is 11.9. The summed E-state index contributed by atoms with van der Waals surface area (Å²) < 4.78 is 0. The van der Waals surface area contributed by atoms with E-state index in [2.05, 4.69) is 21.3 Å². The number of likely N-dealkylation sites (tertiary alicyclic amines) is 1. The normalized spacial score (nSPS) is 22.7. The van der Waals surface area contributed by atoms with Crippen molar-refractivity contribution in [1.29, 1.82) is 10.5 Å². The minimum Gasteiger partial charge on any atom is -0.368 e. The van der Waals surface area contributed by atoms with Crippen molar-refractivity contribution in [3.63, 3.8) is 0 Å². The van der Waals surface area contributed by atoms with E-state index < -0.39 is 17.7 Å². The van der Waals surface area contributed by atoms with E-state index in [0.29, 0.717) is 50.7 Å². The highest BCUT2D eigenvalue weighted by atomic mass is 16.5. The maximum Gasteiger partial charge on any atom is 0.249 e. The number of benzene rings is 1. The van der Waals surface area contributed by atoms with E-state index in [1.807, 2.05) is 30.1 Å². The fourth-order valence-corrected chi connectivity index (χ4v) is 4.92. The minimum atomic E-state index is -0.759. The predicted octanol–water partition coefficient (Wildman–Crippen LogP) is 0.548. The lowest BCUT2D eigenvalue weighted by atomic mass is 9.83. The number of guanidine groups is 1. The fourth-order valence-electron chi connectivity index (χ4n) is 4.92. The molecular weight excluding hydrogens is 448 g/mol. The number of aryl methyl sites for hydroxylation is 1. The number of piperazine rings is 1. The zero-order chi connectivity index (χ0) is 24.9. The van der Waals surface area contributed by atoms with Crippen LogP contribution in [0.15, 0.2) is 23.2 Å². The lowest BCUT2D eigenvalue weighted by Crippen LogP contribution is -2.57. The molecule has 0 unspecified atom stereocenters. The van der Waals surface area contributed by atoms with E-state index in [9.17, 15) is 14.8 Å². The van der Waals surface area contributed by atoms with Crippen LogP contribution in [0.5, 0.6) is 0 Å². The topological polar surface area (TPSA) is 148 Å². The molecule has 184 valence electrons. The number of nitrogens with one attached hydrogen (secondary N) is 2. The standard InChI is InChI=1S/C24H30N8O3/c1-16-12-17(13-25)2-5-21(16)30-8-10-31(11-9-30)23(34)19-6-7-32(14-20(19)22(33)29-35)24(27-15-26)28-18-3-4-18/h2,5,12,18-20,35H,3-4,6-11,14H2,1H3,(H,27,28)(H,29,33)/t19-,20-/m0/s1. The molecule has 2 heterocycles. The van der Waals surface area contributed by atoms with Gasteiger partial charge in [0.05, 0.1) is 23.5 Å². The van der Waals surface area contributed by atoms with Gasteiger partial charge in [0.1, 0.15) is 0 Å². The number of hydrogen-bond acceptors (Lipinski definition) is 7. The molecule has 2 atom stereocenters. The first-order chi connectivity index (χ1) is 16.9. The zero-order valence-corrected chi connectivity index (χ0v) is 19.8. The van der Waals surface area contributed by atoms with Gasteiger partial charge < -0.3 is 20.0 Å². The number of rotatable bonds is 4. The van der Waals surface area contributed by atoms with E-state index in [4.69, 9.17) is 10.5 Å². The Kier molecular flexibility index (Phi) is 7.37. The Labute approximate surface area is 204 Å². The van der Waals surface area contributed by atoms with Gasteiger partial charge in [-0.2, -0.15) is 10.5 Å². The number of amides is 2. The van der Waals surface area contributed by atoms with E-state index in [0.717, 1.165) is 24.1 Å². The van der Waals surface area contributed by atoms with Gasteiger partial charge in [-0.15, -0.1) is 4.99 Å². The van der Waals surface area contributed by atoms with Crippen LogP contribution < -0.4 is 15.7 Å². The lowest BCUT2D eigenvalue weighted by Gasteiger charge is -2.42. The van der Waals surface area contributed by atoms with Crippen molar-refractivity contribution in [2.45, 2.75) is 32.2 Å². The number of nitrogens with zero attached hydrogens (tertiary/aromatic N) is 6. The van der Waals surface area contributed by atoms with Gasteiger partial charge in [0, 0.05) is 51.0 Å². The summed E-state index contributed by atoms with van der Waals surface area (Å²) in [5, 5.41) is 30.7. The molecule has 1 aromatic rings. The van der Waals surface area contributed by atoms with Crippen molar-refractivity contribution in [1.82, 2.24) is 20.6 Å². The summed E-state index contributed by atoms with van der Waals surface area (Å²) in [5.74, 6) is -1.61. The molecule has 35 heavy (non-hydrogen) atoms. The maximum absolute atomic E-state index is 13.5. The Morgan fingerprint density at radius 3 is 2.40 bits per heavy atom. The number of aliphatic imine (C=N–C) groups is 1. The molecule has 0 aromatic heterocycles. The number of hydrogen-bond donors (Lipinski definition) is 3. The van der Waals surface area contributed by atoms with E-state index in [1.54, 1.807) is 16.4 Å². The van der Waals surface area contributed by atoms with Gasteiger partial charge in [0.25, 0.3) is 0 Å². The van der Waals surface area contributed by atoms with Gasteiger partial charge in [0.2, 0.25) is 24.0 Å². The molecule has 11 nitrogen and oxygen atoms in total. The molecule has 2 amide bonds. The SMILES string of the molecule is Cc1cc(C#N)ccc1N1CCN(C(=O)[C@H]2CCN(/C(=N/C#N)NC3CC3)C[C@@H]2C(=O)NO)CC1. The van der Waals surface area contributed by atoms with Crippen LogP contribution in [0.4, 0.5) is 5.69 Å². The molecule has 1 saturated carbocycles. The van der Waals surface area contributed by atoms with E-state index in [-0.39, 0.29) is 18.5 Å². The summed E-state index contributed by atoms with van der Waals surface area (Å²) in [5.41, 5.74) is 4.41. The highest BCUT2D eigenvalue weighted by Gasteiger charge is 2.42. The molecule has 11 heteroatoms. The summed E-state index contributed by atoms with van der Waals surface area (Å²) in [6.45, 7) is 4.99. The van der Waals surface area contributed by atoms with Crippen molar-refractivity contribution >= 4 is 23.5 Å². The van der Waals surface area contributed by atoms with Crippen LogP contribution in [0.1, 0.15) is 30.4 Å². The summed E-state index contributed by atoms with van der Waals surface area (Å²) in [6.07, 6.45) is 4.24. The zero-order valence-electron chi connectivity index (χ0n) is 19.8. The second kappa shape index (κ2) is 10.6. The molecular formula is C24H30N8O3. The average Bonchev–Trinajstić information content (AvgIpc) is 3.71. The number of hydroxylamine groups is 1. The summed E-state index contributed by atoms with van der Waals surface area (Å²) in [6, 6.07) is 8.04. The number of nitriles is 2. The molecule has 4 rings (SSSR count). The molecule has 0 radical (unpaired) electrons. The molecule has 2 saturated heterocycles. The third-order valence-corrected chi connectivity index (χ3v) is 7.00. The van der Waals surface area contributed by atoms with Gasteiger partial charge in [0.15, 0.2) is 0 Å². The fraction of sp³-hybridized carbons (Fsp3) is 0.542. The molecule has 3 fully saturated rings. The Morgan fingerprint density at radius 2 is 1.80 bits per heavy atom. The van der Waals surface area contributed by atoms with E-state index in [1.165, 1.54) is 0 Å². The van der Waals surface area contributed by atoms with Crippen LogP contribution in [0.3, 0.4) is 0 Å². The van der Waals surface area contributed by atoms with Crippen LogP contribution in [-0.4, -0.2) is 78.1 Å². The van der Waals surface area contributed by atoms with Crippen LogP contribution in [0, 0.1) is 41.5 Å². The van der Waals surface area contributed by atoms with Gasteiger partial charge in [-0.25, -0.2) is 5.48 Å². The molecule has 1 aliphatic carbocycles. The Hall–Kier alpha value is -3.83. The number of piperidine rings is 1. The van der Waals surface area contributed by atoms with Gasteiger partial charge in [-0.05, 0) is 49.9 Å². The molecule has 0 bridgehead atoms. The first kappa shape index (κ1) is 24.3. The monoisotopic (exact) mass is 478 g/mol. The van der Waals surface area contributed by atoms with Gasteiger partial charge in [-0.3, -0.25) is 14.8 Å². The maximum atomic E-state index is 13.5. The van der Waals surface area contributed by atoms with Crippen molar-refractivity contribution in [2.24, 2.45) is 16.8 Å². The largest absolute Gasteiger partial charge is 0.368 e. The second-order valence-electron chi connectivity index (χ2n) is 9.30. The lowest BCUT2D eigenvalue weighted by molar-refractivity contribution is -0.147. The highest BCUT2D eigenvalue weighted by Crippen LogP contribution is 2.29. The average molecular weight is 479 g/mol. The second-order valence-corrected chi connectivity index (χ2v) is 9.30. The van der Waals surface area contributed by atoms with Crippen molar-refractivity contribution < 1.29 is 14.8 Å². The van der Waals surface area contributed by atoms with Gasteiger partial charge >= 0.3 is 0 Å². The Bertz CT molecular complexity index is 1080. The number of carbonyl (C=O) groups excluding carboxylic acids is 2. The Balaban J connectivity index is 1.41. The molecule has 1 aromatic carbocycles. The molecule has 0 spiro atoms. The van der Waals surface area contributed by atoms with Crippen LogP contribution in [-0.2, 0) is 9.59 Å². The molecule has 3 N–H and O–H groups in total. The van der Waals surface area contributed by atoms with E-state index >= 15 is 0 Å². The number of anilines is 1. The third kappa shape index (κ3) is 5.47. The summed E-state index contributed by atoms with van der Waals surface area (Å²) >= 11 is 0. The van der Waals surface area contributed by atoms with Crippen LogP contribution >= 0.6 is 0 Å². The van der Waals surface area contributed by atoms with Crippen LogP contribution in [0.2, 0.25) is 0 Å². The van der Waals surface area contributed by atoms with Crippen molar-refractivity contribution in [2.75, 3.05) is 44.2 Å². The Morgan fingerprint density at radius 1 is 1.06 bits per heavy atom. The third-order valence-electron chi connectivity index (χ3n) is 7.00. The molecule has 2 aliphatic heterocycles. The highest BCUT2D eigenvalue weighted by molar-refractivity contribution is 5.89. The van der Waals surface area contributed by atoms with Gasteiger partial charge in [-0.1, -0.05) is 0 Å². The number of carbonyl (C=O) groups is 2. The summed E-state index contributed by atoms with van der Waals surface area (Å²) in [7, 11) is 0. The molecule has 3 aliphatic rings. The van der Waals surface area contributed by atoms with Crippen molar-refractivity contribution in [3.05, 3.63) is 29.3 Å². The van der Waals surface area contributed by atoms with Crippen molar-refractivity contribution in [3.8, 4) is 12.3 Å².